The van der Waals surface area contributed by atoms with Crippen molar-refractivity contribution < 1.29 is 19.1 Å². The lowest BCUT2D eigenvalue weighted by molar-refractivity contribution is -0.118. The van der Waals surface area contributed by atoms with Crippen LogP contribution in [0.1, 0.15) is 25.5 Å². The molecule has 3 amide bonds. The average Bonchev–Trinajstić information content (AvgIpc) is 2.51. The summed E-state index contributed by atoms with van der Waals surface area (Å²) >= 11 is 0. The predicted octanol–water partition coefficient (Wildman–Crippen LogP) is 0.954. The van der Waals surface area contributed by atoms with E-state index in [0.29, 0.717) is 32.1 Å². The molecule has 0 aromatic heterocycles. The Morgan fingerprint density at radius 1 is 1.14 bits per heavy atom. The van der Waals surface area contributed by atoms with Gasteiger partial charge in [-0.3, -0.25) is 4.79 Å². The topological polar surface area (TPSA) is 88.7 Å². The van der Waals surface area contributed by atoms with E-state index in [9.17, 15) is 9.59 Å². The Morgan fingerprint density at radius 3 is 2.55 bits per heavy atom. The van der Waals surface area contributed by atoms with Crippen molar-refractivity contribution in [2.24, 2.45) is 0 Å². The summed E-state index contributed by atoms with van der Waals surface area (Å²) in [5.74, 6) is 1.30. The van der Waals surface area contributed by atoms with Gasteiger partial charge in [-0.05, 0) is 24.6 Å². The first-order valence-electron chi connectivity index (χ1n) is 7.24. The van der Waals surface area contributed by atoms with E-state index in [1.807, 2.05) is 25.1 Å². The first kappa shape index (κ1) is 15.9. The summed E-state index contributed by atoms with van der Waals surface area (Å²) < 4.78 is 11.0. The van der Waals surface area contributed by atoms with Crippen LogP contribution in [-0.4, -0.2) is 38.2 Å². The summed E-state index contributed by atoms with van der Waals surface area (Å²) in [6.07, 6.45) is 0. The van der Waals surface area contributed by atoms with Crippen LogP contribution < -0.4 is 25.4 Å². The van der Waals surface area contributed by atoms with Crippen molar-refractivity contribution in [1.82, 2.24) is 16.0 Å². The van der Waals surface area contributed by atoms with E-state index in [1.165, 1.54) is 6.92 Å². The fraction of sp³-hybridized carbons (Fsp3) is 0.467. The van der Waals surface area contributed by atoms with Gasteiger partial charge in [0, 0.05) is 20.0 Å². The zero-order chi connectivity index (χ0) is 15.9. The van der Waals surface area contributed by atoms with Crippen LogP contribution in [0.3, 0.4) is 0 Å². The van der Waals surface area contributed by atoms with E-state index in [-0.39, 0.29) is 18.0 Å². The number of rotatable bonds is 5. The third-order valence-corrected chi connectivity index (χ3v) is 3.20. The molecule has 0 radical (unpaired) electrons. The molecule has 1 aromatic carbocycles. The Morgan fingerprint density at radius 2 is 1.82 bits per heavy atom. The van der Waals surface area contributed by atoms with Gasteiger partial charge in [0.05, 0.1) is 6.04 Å². The minimum Gasteiger partial charge on any atom is -0.486 e. The van der Waals surface area contributed by atoms with Crippen molar-refractivity contribution in [3.05, 3.63) is 23.8 Å². The van der Waals surface area contributed by atoms with Gasteiger partial charge in [0.15, 0.2) is 11.5 Å². The van der Waals surface area contributed by atoms with Gasteiger partial charge in [-0.1, -0.05) is 6.07 Å². The van der Waals surface area contributed by atoms with Gasteiger partial charge in [-0.15, -0.1) is 0 Å². The van der Waals surface area contributed by atoms with E-state index in [2.05, 4.69) is 16.0 Å². The van der Waals surface area contributed by atoms with Crippen LogP contribution in [0.15, 0.2) is 18.2 Å². The Kier molecular flexibility index (Phi) is 5.46. The standard InChI is InChI=1S/C15H21N3O4/c1-10(18-15(20)17-6-5-16-11(2)19)12-3-4-13-14(9-12)22-8-7-21-13/h3-4,9-10H,5-8H2,1-2H3,(H,16,19)(H2,17,18,20). The number of fused-ring (bicyclic) bond motifs is 1. The maximum atomic E-state index is 11.8. The van der Waals surface area contributed by atoms with E-state index in [0.717, 1.165) is 11.3 Å². The van der Waals surface area contributed by atoms with Crippen molar-refractivity contribution in [2.75, 3.05) is 26.3 Å². The molecule has 1 aliphatic rings. The number of urea groups is 1. The summed E-state index contributed by atoms with van der Waals surface area (Å²) in [6, 6.07) is 5.16. The molecule has 7 heteroatoms. The van der Waals surface area contributed by atoms with Crippen molar-refractivity contribution in [1.29, 1.82) is 0 Å². The summed E-state index contributed by atoms with van der Waals surface area (Å²) in [5.41, 5.74) is 0.932. The molecule has 1 aliphatic heterocycles. The number of ether oxygens (including phenoxy) is 2. The molecule has 7 nitrogen and oxygen atoms in total. The molecule has 3 N–H and O–H groups in total. The second-order valence-electron chi connectivity index (χ2n) is 5.01. The Labute approximate surface area is 129 Å². The number of hydrogen-bond acceptors (Lipinski definition) is 4. The van der Waals surface area contributed by atoms with Crippen molar-refractivity contribution >= 4 is 11.9 Å². The van der Waals surface area contributed by atoms with E-state index in [1.54, 1.807) is 0 Å². The summed E-state index contributed by atoms with van der Waals surface area (Å²) in [7, 11) is 0. The first-order valence-corrected chi connectivity index (χ1v) is 7.24. The minimum absolute atomic E-state index is 0.119. The number of carbonyl (C=O) groups is 2. The Balaban J connectivity index is 1.82. The lowest BCUT2D eigenvalue weighted by Crippen LogP contribution is -2.40. The molecule has 1 unspecified atom stereocenters. The van der Waals surface area contributed by atoms with Gasteiger partial charge in [-0.25, -0.2) is 4.79 Å². The van der Waals surface area contributed by atoms with Gasteiger partial charge in [0.25, 0.3) is 0 Å². The first-order chi connectivity index (χ1) is 10.6. The number of nitrogens with one attached hydrogen (secondary N) is 3. The van der Waals surface area contributed by atoms with Crippen molar-refractivity contribution in [2.45, 2.75) is 19.9 Å². The third kappa shape index (κ3) is 4.54. The second-order valence-corrected chi connectivity index (χ2v) is 5.01. The number of hydrogen-bond donors (Lipinski definition) is 3. The fourth-order valence-electron chi connectivity index (χ4n) is 2.07. The minimum atomic E-state index is -0.284. The molecule has 1 atom stereocenters. The zero-order valence-electron chi connectivity index (χ0n) is 12.8. The predicted molar refractivity (Wildman–Crippen MR) is 81.1 cm³/mol. The molecule has 0 fully saturated rings. The van der Waals surface area contributed by atoms with Gasteiger partial charge < -0.3 is 25.4 Å². The molecule has 22 heavy (non-hydrogen) atoms. The van der Waals surface area contributed by atoms with Crippen LogP contribution in [0.2, 0.25) is 0 Å². The highest BCUT2D eigenvalue weighted by Crippen LogP contribution is 2.32. The Bertz CT molecular complexity index is 548. The van der Waals surface area contributed by atoms with Crippen molar-refractivity contribution in [3.63, 3.8) is 0 Å². The maximum Gasteiger partial charge on any atom is 0.315 e. The molecular formula is C15H21N3O4. The largest absolute Gasteiger partial charge is 0.486 e. The summed E-state index contributed by atoms with van der Waals surface area (Å²) in [5, 5.41) is 8.12. The molecule has 1 heterocycles. The normalized spacial score (nSPS) is 13.9. The Hall–Kier alpha value is -2.44. The van der Waals surface area contributed by atoms with Crippen LogP contribution in [0.5, 0.6) is 11.5 Å². The van der Waals surface area contributed by atoms with Gasteiger partial charge in [-0.2, -0.15) is 0 Å². The summed E-state index contributed by atoms with van der Waals surface area (Å²) in [6.45, 7) is 5.18. The van der Waals surface area contributed by atoms with Crippen LogP contribution in [-0.2, 0) is 4.79 Å². The third-order valence-electron chi connectivity index (χ3n) is 3.20. The quantitative estimate of drug-likeness (QED) is 0.707. The molecule has 2 rings (SSSR count). The smallest absolute Gasteiger partial charge is 0.315 e. The highest BCUT2D eigenvalue weighted by molar-refractivity contribution is 5.75. The molecule has 0 saturated carbocycles. The van der Waals surface area contributed by atoms with Crippen LogP contribution in [0.4, 0.5) is 4.79 Å². The van der Waals surface area contributed by atoms with Crippen LogP contribution in [0.25, 0.3) is 0 Å². The van der Waals surface area contributed by atoms with E-state index in [4.69, 9.17) is 9.47 Å². The van der Waals surface area contributed by atoms with E-state index >= 15 is 0 Å². The van der Waals surface area contributed by atoms with Gasteiger partial charge in [0.1, 0.15) is 13.2 Å². The number of benzene rings is 1. The van der Waals surface area contributed by atoms with Crippen LogP contribution >= 0.6 is 0 Å². The molecule has 1 aromatic rings. The molecule has 0 bridgehead atoms. The molecule has 120 valence electrons. The molecule has 0 spiro atoms. The molecular weight excluding hydrogens is 286 g/mol. The van der Waals surface area contributed by atoms with Crippen molar-refractivity contribution in [3.8, 4) is 11.5 Å². The van der Waals surface area contributed by atoms with E-state index < -0.39 is 0 Å². The van der Waals surface area contributed by atoms with Gasteiger partial charge >= 0.3 is 6.03 Å². The molecule has 0 aliphatic carbocycles. The second kappa shape index (κ2) is 7.53. The lowest BCUT2D eigenvalue weighted by Gasteiger charge is -2.21. The highest BCUT2D eigenvalue weighted by Gasteiger charge is 2.15. The fourth-order valence-corrected chi connectivity index (χ4v) is 2.07. The summed E-state index contributed by atoms with van der Waals surface area (Å²) in [4.78, 5) is 22.5. The monoisotopic (exact) mass is 307 g/mol. The average molecular weight is 307 g/mol. The number of amides is 3. The molecule has 0 saturated heterocycles. The number of carbonyl (C=O) groups excluding carboxylic acids is 2. The highest BCUT2D eigenvalue weighted by atomic mass is 16.6. The van der Waals surface area contributed by atoms with Gasteiger partial charge in [0.2, 0.25) is 5.91 Å². The SMILES string of the molecule is CC(=O)NCCNC(=O)NC(C)c1ccc2c(c1)OCCO2. The maximum absolute atomic E-state index is 11.8. The zero-order valence-corrected chi connectivity index (χ0v) is 12.8. The van der Waals surface area contributed by atoms with Crippen LogP contribution in [0, 0.1) is 0 Å². The lowest BCUT2D eigenvalue weighted by atomic mass is 10.1.